The van der Waals surface area contributed by atoms with Crippen LogP contribution in [0.4, 0.5) is 0 Å². The molecule has 1 aliphatic heterocycles. The first-order chi connectivity index (χ1) is 11.5. The van der Waals surface area contributed by atoms with Gasteiger partial charge in [0.25, 0.3) is 0 Å². The molecule has 2 N–H and O–H groups in total. The SMILES string of the molecule is CC1CN(C(C)C(=O)NCCc2c[nH]c3ccccc23)CC(C)O1. The molecule has 1 aromatic carbocycles. The molecule has 5 heteroatoms. The zero-order valence-corrected chi connectivity index (χ0v) is 14.7. The Hall–Kier alpha value is -1.85. The highest BCUT2D eigenvalue weighted by molar-refractivity contribution is 5.83. The van der Waals surface area contributed by atoms with Crippen LogP contribution in [0.3, 0.4) is 0 Å². The Morgan fingerprint density at radius 1 is 1.33 bits per heavy atom. The second-order valence-corrected chi connectivity index (χ2v) is 6.79. The number of hydrogen-bond donors (Lipinski definition) is 2. The van der Waals surface area contributed by atoms with Crippen LogP contribution in [0.5, 0.6) is 0 Å². The maximum absolute atomic E-state index is 12.4. The molecule has 130 valence electrons. The van der Waals surface area contributed by atoms with E-state index in [1.165, 1.54) is 10.9 Å². The molecule has 1 aliphatic rings. The number of carbonyl (C=O) groups excluding carboxylic acids is 1. The Morgan fingerprint density at radius 3 is 2.79 bits per heavy atom. The molecule has 0 saturated carbocycles. The minimum Gasteiger partial charge on any atom is -0.373 e. The van der Waals surface area contributed by atoms with Gasteiger partial charge >= 0.3 is 0 Å². The number of fused-ring (bicyclic) bond motifs is 1. The zero-order chi connectivity index (χ0) is 17.1. The summed E-state index contributed by atoms with van der Waals surface area (Å²) >= 11 is 0. The second-order valence-electron chi connectivity index (χ2n) is 6.79. The molecule has 3 unspecified atom stereocenters. The molecule has 0 spiro atoms. The molecule has 2 aromatic rings. The van der Waals surface area contributed by atoms with Gasteiger partial charge in [0.2, 0.25) is 5.91 Å². The summed E-state index contributed by atoms with van der Waals surface area (Å²) < 4.78 is 5.74. The first kappa shape index (κ1) is 17.0. The van der Waals surface area contributed by atoms with Crippen molar-refractivity contribution < 1.29 is 9.53 Å². The topological polar surface area (TPSA) is 57.4 Å². The number of H-pyrrole nitrogens is 1. The lowest BCUT2D eigenvalue weighted by atomic mass is 10.1. The van der Waals surface area contributed by atoms with Gasteiger partial charge in [-0.3, -0.25) is 9.69 Å². The van der Waals surface area contributed by atoms with E-state index in [1.807, 2.05) is 25.3 Å². The fourth-order valence-electron chi connectivity index (χ4n) is 3.51. The van der Waals surface area contributed by atoms with Crippen molar-refractivity contribution in [3.63, 3.8) is 0 Å². The van der Waals surface area contributed by atoms with Gasteiger partial charge in [-0.1, -0.05) is 18.2 Å². The lowest BCUT2D eigenvalue weighted by Gasteiger charge is -2.38. The monoisotopic (exact) mass is 329 g/mol. The molecule has 1 amide bonds. The number of para-hydroxylation sites is 1. The number of aromatic amines is 1. The predicted molar refractivity (Wildman–Crippen MR) is 96.1 cm³/mol. The Balaban J connectivity index is 1.52. The summed E-state index contributed by atoms with van der Waals surface area (Å²) in [6.45, 7) is 8.36. The number of benzene rings is 1. The molecule has 3 rings (SSSR count). The summed E-state index contributed by atoms with van der Waals surface area (Å²) in [5.74, 6) is 0.0936. The Morgan fingerprint density at radius 2 is 2.04 bits per heavy atom. The lowest BCUT2D eigenvalue weighted by molar-refractivity contribution is -0.131. The number of nitrogens with zero attached hydrogens (tertiary/aromatic N) is 1. The van der Waals surface area contributed by atoms with Gasteiger partial charge in [0.15, 0.2) is 0 Å². The van der Waals surface area contributed by atoms with Crippen LogP contribution in [-0.4, -0.2) is 53.7 Å². The van der Waals surface area contributed by atoms with Crippen molar-refractivity contribution in [2.75, 3.05) is 19.6 Å². The average molecular weight is 329 g/mol. The third-order valence-electron chi connectivity index (χ3n) is 4.74. The maximum Gasteiger partial charge on any atom is 0.237 e. The van der Waals surface area contributed by atoms with Crippen LogP contribution >= 0.6 is 0 Å². The van der Waals surface area contributed by atoms with E-state index in [-0.39, 0.29) is 24.2 Å². The molecule has 0 aliphatic carbocycles. The van der Waals surface area contributed by atoms with E-state index in [9.17, 15) is 4.79 Å². The molecule has 5 nitrogen and oxygen atoms in total. The van der Waals surface area contributed by atoms with Crippen molar-refractivity contribution in [3.05, 3.63) is 36.0 Å². The van der Waals surface area contributed by atoms with Crippen LogP contribution in [-0.2, 0) is 16.0 Å². The summed E-state index contributed by atoms with van der Waals surface area (Å²) in [6, 6.07) is 8.13. The number of amides is 1. The molecular weight excluding hydrogens is 302 g/mol. The number of nitrogens with one attached hydrogen (secondary N) is 2. The zero-order valence-electron chi connectivity index (χ0n) is 14.7. The number of rotatable bonds is 5. The van der Waals surface area contributed by atoms with Gasteiger partial charge in [0, 0.05) is 36.7 Å². The van der Waals surface area contributed by atoms with E-state index in [0.717, 1.165) is 25.0 Å². The van der Waals surface area contributed by atoms with Crippen LogP contribution < -0.4 is 5.32 Å². The smallest absolute Gasteiger partial charge is 0.237 e. The van der Waals surface area contributed by atoms with Crippen LogP contribution in [0.15, 0.2) is 30.5 Å². The van der Waals surface area contributed by atoms with Crippen LogP contribution in [0.1, 0.15) is 26.3 Å². The highest BCUT2D eigenvalue weighted by Gasteiger charge is 2.29. The second kappa shape index (κ2) is 7.36. The summed E-state index contributed by atoms with van der Waals surface area (Å²) in [4.78, 5) is 17.9. The predicted octanol–water partition coefficient (Wildman–Crippen LogP) is 2.32. The van der Waals surface area contributed by atoms with Gasteiger partial charge in [-0.05, 0) is 38.8 Å². The van der Waals surface area contributed by atoms with Crippen LogP contribution in [0, 0.1) is 0 Å². The van der Waals surface area contributed by atoms with Crippen molar-refractivity contribution in [1.29, 1.82) is 0 Å². The third-order valence-corrected chi connectivity index (χ3v) is 4.74. The van der Waals surface area contributed by atoms with E-state index < -0.39 is 0 Å². The molecule has 1 aromatic heterocycles. The molecule has 2 heterocycles. The molecule has 0 bridgehead atoms. The van der Waals surface area contributed by atoms with E-state index in [0.29, 0.717) is 6.54 Å². The van der Waals surface area contributed by atoms with Gasteiger partial charge in [-0.2, -0.15) is 0 Å². The highest BCUT2D eigenvalue weighted by Crippen LogP contribution is 2.18. The third kappa shape index (κ3) is 3.79. The number of ether oxygens (including phenoxy) is 1. The van der Waals surface area contributed by atoms with Gasteiger partial charge < -0.3 is 15.0 Å². The first-order valence-corrected chi connectivity index (χ1v) is 8.77. The maximum atomic E-state index is 12.4. The van der Waals surface area contributed by atoms with E-state index in [1.54, 1.807) is 0 Å². The number of aromatic nitrogens is 1. The standard InChI is InChI=1S/C19H27N3O2/c1-13-11-22(12-14(2)24-13)15(3)19(23)20-9-8-16-10-21-18-7-5-4-6-17(16)18/h4-7,10,13-15,21H,8-9,11-12H2,1-3H3,(H,20,23). The molecule has 1 fully saturated rings. The van der Waals surface area contributed by atoms with Gasteiger partial charge in [0.1, 0.15) is 0 Å². The van der Waals surface area contributed by atoms with Crippen molar-refractivity contribution in [2.24, 2.45) is 0 Å². The molecule has 0 radical (unpaired) electrons. The normalized spacial score (nSPS) is 23.3. The van der Waals surface area contributed by atoms with Gasteiger partial charge in [-0.15, -0.1) is 0 Å². The minimum atomic E-state index is -0.123. The van der Waals surface area contributed by atoms with Crippen molar-refractivity contribution in [3.8, 4) is 0 Å². The van der Waals surface area contributed by atoms with Crippen molar-refractivity contribution >= 4 is 16.8 Å². The van der Waals surface area contributed by atoms with Crippen LogP contribution in [0.25, 0.3) is 10.9 Å². The van der Waals surface area contributed by atoms with Crippen molar-refractivity contribution in [2.45, 2.75) is 45.4 Å². The minimum absolute atomic E-state index is 0.0936. The van der Waals surface area contributed by atoms with Crippen molar-refractivity contribution in [1.82, 2.24) is 15.2 Å². The molecular formula is C19H27N3O2. The summed E-state index contributed by atoms with van der Waals surface area (Å²) in [7, 11) is 0. The fraction of sp³-hybridized carbons (Fsp3) is 0.526. The lowest BCUT2D eigenvalue weighted by Crippen LogP contribution is -2.54. The summed E-state index contributed by atoms with van der Waals surface area (Å²) in [5, 5.41) is 4.31. The largest absolute Gasteiger partial charge is 0.373 e. The van der Waals surface area contributed by atoms with Gasteiger partial charge in [-0.25, -0.2) is 0 Å². The van der Waals surface area contributed by atoms with E-state index >= 15 is 0 Å². The molecule has 1 saturated heterocycles. The van der Waals surface area contributed by atoms with Gasteiger partial charge in [0.05, 0.1) is 18.2 Å². The highest BCUT2D eigenvalue weighted by atomic mass is 16.5. The summed E-state index contributed by atoms with van der Waals surface area (Å²) in [6.07, 6.45) is 3.22. The Labute approximate surface area is 143 Å². The number of morpholine rings is 1. The fourth-order valence-corrected chi connectivity index (χ4v) is 3.51. The number of carbonyl (C=O) groups is 1. The van der Waals surface area contributed by atoms with Crippen LogP contribution in [0.2, 0.25) is 0 Å². The quantitative estimate of drug-likeness (QED) is 0.885. The molecule has 24 heavy (non-hydrogen) atoms. The van der Waals surface area contributed by atoms with E-state index in [4.69, 9.17) is 4.74 Å². The Bertz CT molecular complexity index is 687. The summed E-state index contributed by atoms with van der Waals surface area (Å²) in [5.41, 5.74) is 2.38. The van der Waals surface area contributed by atoms with E-state index in [2.05, 4.69) is 41.2 Å². The first-order valence-electron chi connectivity index (χ1n) is 8.77. The average Bonchev–Trinajstić information content (AvgIpc) is 2.96. The molecule has 3 atom stereocenters. The number of hydrogen-bond acceptors (Lipinski definition) is 3. The Kier molecular flexibility index (Phi) is 5.21.